The lowest BCUT2D eigenvalue weighted by Gasteiger charge is -2.36. The van der Waals surface area contributed by atoms with Gasteiger partial charge >= 0.3 is 12.0 Å². The molecule has 3 atom stereocenters. The molecule has 3 N–H and O–H groups in total. The first-order valence-electron chi connectivity index (χ1n) is 14.6. The van der Waals surface area contributed by atoms with Crippen LogP contribution < -0.4 is 10.2 Å². The minimum absolute atomic E-state index is 0.0535. The second kappa shape index (κ2) is 10.7. The molecular formula is C34H34N4O5. The number of para-hydroxylation sites is 2. The van der Waals surface area contributed by atoms with Crippen molar-refractivity contribution in [1.29, 1.82) is 0 Å². The van der Waals surface area contributed by atoms with Crippen molar-refractivity contribution in [2.24, 2.45) is 5.92 Å². The molecule has 1 aromatic heterocycles. The van der Waals surface area contributed by atoms with E-state index in [1.807, 2.05) is 36.4 Å². The van der Waals surface area contributed by atoms with E-state index in [-0.39, 0.29) is 17.2 Å². The predicted molar refractivity (Wildman–Crippen MR) is 163 cm³/mol. The number of fused-ring (bicyclic) bond motifs is 4. The summed E-state index contributed by atoms with van der Waals surface area (Å²) in [6.45, 7) is 7.64. The summed E-state index contributed by atoms with van der Waals surface area (Å²) < 4.78 is 0. The number of urea groups is 1. The molecule has 1 fully saturated rings. The van der Waals surface area contributed by atoms with Gasteiger partial charge in [0.15, 0.2) is 0 Å². The van der Waals surface area contributed by atoms with Crippen molar-refractivity contribution < 1.29 is 24.3 Å². The molecule has 9 nitrogen and oxygen atoms in total. The van der Waals surface area contributed by atoms with Gasteiger partial charge in [-0.25, -0.2) is 14.5 Å². The van der Waals surface area contributed by atoms with Crippen molar-refractivity contribution >= 4 is 40.4 Å². The fourth-order valence-corrected chi connectivity index (χ4v) is 6.30. The number of H-pyrrole nitrogens is 1. The summed E-state index contributed by atoms with van der Waals surface area (Å²) in [5, 5.41) is 13.2. The molecule has 1 unspecified atom stereocenters. The summed E-state index contributed by atoms with van der Waals surface area (Å²) in [6.07, 6.45) is 0.323. The lowest BCUT2D eigenvalue weighted by atomic mass is 9.88. The van der Waals surface area contributed by atoms with Crippen LogP contribution in [-0.4, -0.2) is 50.9 Å². The SMILES string of the molecule is CC(C)c1ccc(C2c3[nH]c4ccccc4c3C[C@H]3C(=O)N(c4ccccc4C(=O)N[C@@H](C(=O)O)C(C)C)C(=O)N23)cc1. The highest BCUT2D eigenvalue weighted by Crippen LogP contribution is 2.45. The Labute approximate surface area is 249 Å². The van der Waals surface area contributed by atoms with Crippen molar-refractivity contribution in [2.45, 2.75) is 58.2 Å². The first kappa shape index (κ1) is 28.2. The third kappa shape index (κ3) is 4.65. The summed E-state index contributed by atoms with van der Waals surface area (Å²) in [7, 11) is 0. The zero-order chi connectivity index (χ0) is 30.6. The minimum Gasteiger partial charge on any atom is -0.480 e. The lowest BCUT2D eigenvalue weighted by Crippen LogP contribution is -2.45. The molecule has 4 aromatic rings. The summed E-state index contributed by atoms with van der Waals surface area (Å²) in [5.41, 5.74) is 5.01. The Bertz CT molecular complexity index is 1760. The highest BCUT2D eigenvalue weighted by atomic mass is 16.4. The second-order valence-electron chi connectivity index (χ2n) is 11.9. The Morgan fingerprint density at radius 2 is 1.60 bits per heavy atom. The number of rotatable bonds is 7. The smallest absolute Gasteiger partial charge is 0.332 e. The van der Waals surface area contributed by atoms with Crippen molar-refractivity contribution in [3.05, 3.63) is 101 Å². The van der Waals surface area contributed by atoms with E-state index in [1.165, 1.54) is 11.6 Å². The quantitative estimate of drug-likeness (QED) is 0.246. The minimum atomic E-state index is -1.16. The predicted octanol–water partition coefficient (Wildman–Crippen LogP) is 5.61. The molecule has 0 saturated carbocycles. The number of carboxylic acid groups (broad SMARTS) is 1. The average molecular weight is 579 g/mol. The molecular weight excluding hydrogens is 544 g/mol. The number of nitrogens with zero attached hydrogens (tertiary/aromatic N) is 2. The van der Waals surface area contributed by atoms with E-state index in [0.29, 0.717) is 12.3 Å². The summed E-state index contributed by atoms with van der Waals surface area (Å²) in [4.78, 5) is 59.9. The van der Waals surface area contributed by atoms with Crippen molar-refractivity contribution in [1.82, 2.24) is 15.2 Å². The van der Waals surface area contributed by atoms with Gasteiger partial charge in [-0.1, -0.05) is 82.3 Å². The first-order valence-corrected chi connectivity index (χ1v) is 14.6. The molecule has 0 radical (unpaired) electrons. The van der Waals surface area contributed by atoms with Crippen molar-refractivity contribution in [3.8, 4) is 0 Å². The molecule has 0 bridgehead atoms. The molecule has 4 amide bonds. The van der Waals surface area contributed by atoms with Crippen LogP contribution in [0.2, 0.25) is 0 Å². The van der Waals surface area contributed by atoms with E-state index in [2.05, 4.69) is 36.3 Å². The van der Waals surface area contributed by atoms with Gasteiger partial charge in [0.05, 0.1) is 11.3 Å². The molecule has 0 spiro atoms. The first-order chi connectivity index (χ1) is 20.6. The van der Waals surface area contributed by atoms with E-state index >= 15 is 0 Å². The van der Waals surface area contributed by atoms with Gasteiger partial charge in [0, 0.05) is 23.0 Å². The van der Waals surface area contributed by atoms with Gasteiger partial charge < -0.3 is 15.4 Å². The number of nitrogens with one attached hydrogen (secondary N) is 2. The van der Waals surface area contributed by atoms with Crippen LogP contribution >= 0.6 is 0 Å². The summed E-state index contributed by atoms with van der Waals surface area (Å²) >= 11 is 0. The molecule has 3 aromatic carbocycles. The number of hydrogen-bond acceptors (Lipinski definition) is 4. The van der Waals surface area contributed by atoms with Gasteiger partial charge in [0.2, 0.25) is 0 Å². The number of anilines is 1. The van der Waals surface area contributed by atoms with Crippen LogP contribution in [0.3, 0.4) is 0 Å². The van der Waals surface area contributed by atoms with E-state index in [9.17, 15) is 24.3 Å². The number of benzene rings is 3. The van der Waals surface area contributed by atoms with Crippen LogP contribution in [0.5, 0.6) is 0 Å². The van der Waals surface area contributed by atoms with Gasteiger partial charge in [-0.05, 0) is 46.7 Å². The number of carbonyl (C=O) groups excluding carboxylic acids is 3. The van der Waals surface area contributed by atoms with E-state index in [4.69, 9.17) is 0 Å². The average Bonchev–Trinajstić information content (AvgIpc) is 3.48. The summed E-state index contributed by atoms with van der Waals surface area (Å²) in [6, 6.07) is 19.4. The molecule has 2 aliphatic heterocycles. The third-order valence-electron chi connectivity index (χ3n) is 8.58. The van der Waals surface area contributed by atoms with Crippen molar-refractivity contribution in [3.63, 3.8) is 0 Å². The zero-order valence-corrected chi connectivity index (χ0v) is 24.5. The molecule has 6 rings (SSSR count). The maximum Gasteiger partial charge on any atom is 0.332 e. The number of aliphatic carboxylic acids is 1. The van der Waals surface area contributed by atoms with Gasteiger partial charge in [-0.2, -0.15) is 0 Å². The van der Waals surface area contributed by atoms with Gasteiger partial charge in [0.1, 0.15) is 18.1 Å². The number of imide groups is 1. The van der Waals surface area contributed by atoms with E-state index < -0.39 is 41.9 Å². The van der Waals surface area contributed by atoms with Crippen LogP contribution in [0.4, 0.5) is 10.5 Å². The number of aromatic nitrogens is 1. The van der Waals surface area contributed by atoms with Crippen LogP contribution in [0.1, 0.15) is 72.4 Å². The maximum atomic E-state index is 14.3. The lowest BCUT2D eigenvalue weighted by molar-refractivity contribution is -0.140. The fourth-order valence-electron chi connectivity index (χ4n) is 6.30. The Balaban J connectivity index is 1.44. The summed E-state index contributed by atoms with van der Waals surface area (Å²) in [5.74, 6) is -2.29. The van der Waals surface area contributed by atoms with E-state index in [1.54, 1.807) is 36.9 Å². The second-order valence-corrected chi connectivity index (χ2v) is 11.9. The molecule has 220 valence electrons. The molecule has 0 aliphatic carbocycles. The maximum absolute atomic E-state index is 14.3. The topological polar surface area (TPSA) is 123 Å². The van der Waals surface area contributed by atoms with Crippen LogP contribution in [0, 0.1) is 5.92 Å². The molecule has 1 saturated heterocycles. The van der Waals surface area contributed by atoms with Crippen LogP contribution in [0.25, 0.3) is 10.9 Å². The molecule has 43 heavy (non-hydrogen) atoms. The Hall–Kier alpha value is -4.92. The zero-order valence-electron chi connectivity index (χ0n) is 24.5. The number of aromatic amines is 1. The Kier molecular flexibility index (Phi) is 7.04. The number of carbonyl (C=O) groups is 4. The van der Waals surface area contributed by atoms with Gasteiger partial charge in [-0.3, -0.25) is 14.5 Å². The van der Waals surface area contributed by atoms with Gasteiger partial charge in [0.25, 0.3) is 11.8 Å². The normalized spacial score (nSPS) is 18.7. The third-order valence-corrected chi connectivity index (χ3v) is 8.58. The van der Waals surface area contributed by atoms with Crippen molar-refractivity contribution in [2.75, 3.05) is 4.90 Å². The molecule has 3 heterocycles. The highest BCUT2D eigenvalue weighted by Gasteiger charge is 2.53. The number of hydrogen-bond donors (Lipinski definition) is 3. The number of amides is 4. The highest BCUT2D eigenvalue weighted by molar-refractivity contribution is 6.24. The van der Waals surface area contributed by atoms with Crippen LogP contribution in [-0.2, 0) is 16.0 Å². The largest absolute Gasteiger partial charge is 0.480 e. The van der Waals surface area contributed by atoms with Gasteiger partial charge in [-0.15, -0.1) is 0 Å². The Morgan fingerprint density at radius 1 is 0.930 bits per heavy atom. The monoisotopic (exact) mass is 578 g/mol. The molecule has 9 heteroatoms. The van der Waals surface area contributed by atoms with Crippen LogP contribution in [0.15, 0.2) is 72.8 Å². The fraction of sp³-hybridized carbons (Fsp3) is 0.294. The number of carboxylic acids is 1. The van der Waals surface area contributed by atoms with E-state index in [0.717, 1.165) is 32.6 Å². The Morgan fingerprint density at radius 3 is 2.28 bits per heavy atom. The molecule has 2 aliphatic rings. The standard InChI is InChI=1S/C34H34N4O5/c1-18(2)20-13-15-21(16-14-20)30-29-24(22-9-5-7-11-25(22)35-29)17-27-32(40)38(34(43)37(27)30)26-12-8-6-10-23(26)31(39)36-28(19(3)4)33(41)42/h5-16,18-19,27-28,30,35H,17H2,1-4H3,(H,36,39)(H,41,42)/t27-,28+,30?/m0/s1.